The Morgan fingerprint density at radius 3 is 2.39 bits per heavy atom. The van der Waals surface area contributed by atoms with Gasteiger partial charge in [-0.2, -0.15) is 5.26 Å². The van der Waals surface area contributed by atoms with Gasteiger partial charge in [-0.1, -0.05) is 0 Å². The first-order valence-corrected chi connectivity index (χ1v) is 7.19. The number of nitrogens with zero attached hydrogens (tertiary/aromatic N) is 2. The van der Waals surface area contributed by atoms with Gasteiger partial charge in [0.15, 0.2) is 5.78 Å². The molecule has 1 aromatic carbocycles. The highest BCUT2D eigenvalue weighted by atomic mass is 16.1. The van der Waals surface area contributed by atoms with Crippen molar-refractivity contribution in [2.45, 2.75) is 13.8 Å². The molecule has 2 aromatic heterocycles. The minimum absolute atomic E-state index is 0.0769. The number of nitriles is 1. The Morgan fingerprint density at radius 1 is 1.09 bits per heavy atom. The van der Waals surface area contributed by atoms with Gasteiger partial charge in [-0.05, 0) is 61.9 Å². The molecule has 112 valence electrons. The quantitative estimate of drug-likeness (QED) is 0.695. The lowest BCUT2D eigenvalue weighted by molar-refractivity contribution is 0.101. The predicted octanol–water partition coefficient (Wildman–Crippen LogP) is 3.55. The molecule has 0 bridgehead atoms. The lowest BCUT2D eigenvalue weighted by Gasteiger charge is -2.04. The molecule has 0 saturated heterocycles. The van der Waals surface area contributed by atoms with Crippen molar-refractivity contribution in [2.24, 2.45) is 0 Å². The summed E-state index contributed by atoms with van der Waals surface area (Å²) in [6.45, 7) is 3.44. The smallest absolute Gasteiger partial charge is 0.209 e. The van der Waals surface area contributed by atoms with Crippen molar-refractivity contribution in [3.63, 3.8) is 0 Å². The maximum absolute atomic E-state index is 12.8. The average Bonchev–Trinajstić information content (AvgIpc) is 2.93. The summed E-state index contributed by atoms with van der Waals surface area (Å²) in [5.74, 6) is -0.257. The molecule has 0 unspecified atom stereocenters. The Kier molecular flexibility index (Phi) is 3.55. The molecular weight excluding hydrogens is 288 g/mol. The first-order chi connectivity index (χ1) is 11.0. The number of benzene rings is 1. The number of aryl methyl sites for hydroxylation is 1. The van der Waals surface area contributed by atoms with Crippen LogP contribution in [-0.2, 0) is 0 Å². The molecule has 2 heterocycles. The number of carbonyl (C=O) groups is 2. The number of pyridine rings is 1. The van der Waals surface area contributed by atoms with Crippen LogP contribution < -0.4 is 0 Å². The fourth-order valence-corrected chi connectivity index (χ4v) is 2.60. The molecule has 3 aromatic rings. The fraction of sp³-hybridized carbons (Fsp3) is 0.105. The SMILES string of the molecule is CC(=O)c1cc(C(=O)c2ccc(C#N)cc2)n2ccc(C)cc12. The van der Waals surface area contributed by atoms with Crippen LogP contribution in [0.4, 0.5) is 0 Å². The van der Waals surface area contributed by atoms with Gasteiger partial charge in [-0.25, -0.2) is 0 Å². The van der Waals surface area contributed by atoms with Crippen molar-refractivity contribution in [3.8, 4) is 6.07 Å². The molecule has 0 N–H and O–H groups in total. The van der Waals surface area contributed by atoms with Crippen molar-refractivity contribution in [1.29, 1.82) is 5.26 Å². The van der Waals surface area contributed by atoms with E-state index in [1.807, 2.05) is 25.1 Å². The molecule has 4 nitrogen and oxygen atoms in total. The van der Waals surface area contributed by atoms with Gasteiger partial charge in [-0.3, -0.25) is 9.59 Å². The molecule has 0 saturated carbocycles. The van der Waals surface area contributed by atoms with E-state index in [4.69, 9.17) is 5.26 Å². The summed E-state index contributed by atoms with van der Waals surface area (Å²) in [6.07, 6.45) is 1.80. The zero-order valence-corrected chi connectivity index (χ0v) is 12.8. The van der Waals surface area contributed by atoms with E-state index < -0.39 is 0 Å². The minimum Gasteiger partial charge on any atom is -0.313 e. The van der Waals surface area contributed by atoms with Crippen LogP contribution in [0.3, 0.4) is 0 Å². The van der Waals surface area contributed by atoms with Crippen molar-refractivity contribution in [2.75, 3.05) is 0 Å². The number of aromatic nitrogens is 1. The Labute approximate surface area is 133 Å². The minimum atomic E-state index is -0.180. The highest BCUT2D eigenvalue weighted by molar-refractivity contribution is 6.12. The summed E-state index contributed by atoms with van der Waals surface area (Å²) in [5.41, 5.74) is 3.71. The molecule has 0 aliphatic rings. The number of rotatable bonds is 3. The van der Waals surface area contributed by atoms with Crippen LogP contribution in [0.15, 0.2) is 48.7 Å². The van der Waals surface area contributed by atoms with E-state index in [0.717, 1.165) is 11.1 Å². The number of ketones is 2. The third-order valence-corrected chi connectivity index (χ3v) is 3.82. The van der Waals surface area contributed by atoms with Crippen LogP contribution in [-0.4, -0.2) is 16.0 Å². The molecule has 0 radical (unpaired) electrons. The Bertz CT molecular complexity index is 973. The molecule has 0 spiro atoms. The van der Waals surface area contributed by atoms with Gasteiger partial charge in [0.2, 0.25) is 5.78 Å². The first-order valence-electron chi connectivity index (χ1n) is 7.19. The molecule has 3 rings (SSSR count). The average molecular weight is 302 g/mol. The van der Waals surface area contributed by atoms with Crippen molar-refractivity contribution < 1.29 is 9.59 Å². The van der Waals surface area contributed by atoms with E-state index in [1.165, 1.54) is 6.92 Å². The standard InChI is InChI=1S/C19H14N2O2/c1-12-7-8-21-17(9-12)16(13(2)22)10-18(21)19(23)15-5-3-14(11-20)4-6-15/h3-10H,1-2H3. The van der Waals surface area contributed by atoms with Crippen molar-refractivity contribution >= 4 is 17.1 Å². The number of carbonyl (C=O) groups excluding carboxylic acids is 2. The highest BCUT2D eigenvalue weighted by Crippen LogP contribution is 2.21. The molecular formula is C19H14N2O2. The van der Waals surface area contributed by atoms with Crippen molar-refractivity contribution in [1.82, 2.24) is 4.40 Å². The Hall–Kier alpha value is -3.19. The monoisotopic (exact) mass is 302 g/mol. The summed E-state index contributed by atoms with van der Waals surface area (Å²) in [5, 5.41) is 8.84. The molecule has 0 aliphatic heterocycles. The van der Waals surface area contributed by atoms with Crippen LogP contribution in [0, 0.1) is 18.3 Å². The van der Waals surface area contributed by atoms with Gasteiger partial charge >= 0.3 is 0 Å². The molecule has 4 heteroatoms. The van der Waals surface area contributed by atoms with E-state index in [0.29, 0.717) is 22.4 Å². The van der Waals surface area contributed by atoms with Crippen LogP contribution in [0.1, 0.15) is 44.5 Å². The normalized spacial score (nSPS) is 10.5. The van der Waals surface area contributed by atoms with E-state index in [1.54, 1.807) is 40.9 Å². The van der Waals surface area contributed by atoms with Gasteiger partial charge in [-0.15, -0.1) is 0 Å². The molecule has 0 aliphatic carbocycles. The Balaban J connectivity index is 2.17. The Morgan fingerprint density at radius 2 is 1.78 bits per heavy atom. The van der Waals surface area contributed by atoms with Crippen LogP contribution in [0.25, 0.3) is 5.52 Å². The largest absolute Gasteiger partial charge is 0.313 e. The summed E-state index contributed by atoms with van der Waals surface area (Å²) in [4.78, 5) is 24.6. The maximum Gasteiger partial charge on any atom is 0.209 e. The zero-order chi connectivity index (χ0) is 16.6. The van der Waals surface area contributed by atoms with E-state index in [9.17, 15) is 9.59 Å². The summed E-state index contributed by atoms with van der Waals surface area (Å²) in [7, 11) is 0. The van der Waals surface area contributed by atoms with Gasteiger partial charge in [0.25, 0.3) is 0 Å². The lowest BCUT2D eigenvalue weighted by Crippen LogP contribution is -2.05. The second kappa shape index (κ2) is 5.54. The van der Waals surface area contributed by atoms with E-state index in [2.05, 4.69) is 0 Å². The fourth-order valence-electron chi connectivity index (χ4n) is 2.60. The number of Topliss-reactive ketones (excluding diaryl/α,β-unsaturated/α-hetero) is 1. The molecule has 0 amide bonds. The number of hydrogen-bond acceptors (Lipinski definition) is 3. The number of fused-ring (bicyclic) bond motifs is 1. The summed E-state index contributed by atoms with van der Waals surface area (Å²) >= 11 is 0. The topological polar surface area (TPSA) is 62.3 Å². The molecule has 0 atom stereocenters. The maximum atomic E-state index is 12.8. The zero-order valence-electron chi connectivity index (χ0n) is 12.8. The van der Waals surface area contributed by atoms with Crippen molar-refractivity contribution in [3.05, 3.63) is 76.6 Å². The lowest BCUT2D eigenvalue weighted by atomic mass is 10.1. The summed E-state index contributed by atoms with van der Waals surface area (Å²) in [6, 6.07) is 13.9. The van der Waals surface area contributed by atoms with Crippen LogP contribution in [0.2, 0.25) is 0 Å². The first kappa shape index (κ1) is 14.7. The van der Waals surface area contributed by atoms with E-state index in [-0.39, 0.29) is 11.6 Å². The predicted molar refractivity (Wildman–Crippen MR) is 86.7 cm³/mol. The number of hydrogen-bond donors (Lipinski definition) is 0. The second-order valence-electron chi connectivity index (χ2n) is 5.48. The molecule has 0 fully saturated rings. The highest BCUT2D eigenvalue weighted by Gasteiger charge is 2.18. The summed E-state index contributed by atoms with van der Waals surface area (Å²) < 4.78 is 1.74. The third-order valence-electron chi connectivity index (χ3n) is 3.82. The van der Waals surface area contributed by atoms with Gasteiger partial charge < -0.3 is 4.40 Å². The molecule has 23 heavy (non-hydrogen) atoms. The van der Waals surface area contributed by atoms with Gasteiger partial charge in [0.1, 0.15) is 0 Å². The van der Waals surface area contributed by atoms with Crippen LogP contribution >= 0.6 is 0 Å². The second-order valence-corrected chi connectivity index (χ2v) is 5.48. The van der Waals surface area contributed by atoms with E-state index >= 15 is 0 Å². The van der Waals surface area contributed by atoms with Gasteiger partial charge in [0, 0.05) is 17.3 Å². The van der Waals surface area contributed by atoms with Crippen LogP contribution in [0.5, 0.6) is 0 Å². The third kappa shape index (κ3) is 2.53. The van der Waals surface area contributed by atoms with Gasteiger partial charge in [0.05, 0.1) is 22.8 Å².